The van der Waals surface area contributed by atoms with E-state index in [-0.39, 0.29) is 11.9 Å². The topological polar surface area (TPSA) is 61.4 Å². The molecule has 0 unspecified atom stereocenters. The highest BCUT2D eigenvalue weighted by atomic mass is 32.1. The number of nitrogens with one attached hydrogen (secondary N) is 1. The number of nitrogens with zero attached hydrogens (tertiary/aromatic N) is 4. The van der Waals surface area contributed by atoms with E-state index in [2.05, 4.69) is 46.4 Å². The van der Waals surface area contributed by atoms with E-state index < -0.39 is 0 Å². The van der Waals surface area contributed by atoms with Crippen LogP contribution in [0, 0.1) is 13.8 Å². The minimum absolute atomic E-state index is 0.0427. The number of hydrogen-bond acceptors (Lipinski definition) is 6. The van der Waals surface area contributed by atoms with Crippen LogP contribution in [0.4, 0.5) is 10.9 Å². The molecule has 2 aromatic heterocycles. The molecular formula is C25H29N5OS. The average molecular weight is 448 g/mol. The van der Waals surface area contributed by atoms with Crippen molar-refractivity contribution in [2.24, 2.45) is 0 Å². The molecule has 2 aliphatic rings. The predicted octanol–water partition coefficient (Wildman–Crippen LogP) is 4.62. The van der Waals surface area contributed by atoms with Crippen molar-refractivity contribution in [2.45, 2.75) is 45.7 Å². The number of aryl methyl sites for hydroxylation is 2. The first kappa shape index (κ1) is 21.1. The van der Waals surface area contributed by atoms with Gasteiger partial charge < -0.3 is 10.2 Å². The van der Waals surface area contributed by atoms with Crippen molar-refractivity contribution in [1.29, 1.82) is 0 Å². The van der Waals surface area contributed by atoms with Crippen LogP contribution in [0.15, 0.2) is 42.5 Å². The Hall–Kier alpha value is -2.77. The summed E-state index contributed by atoms with van der Waals surface area (Å²) in [5, 5.41) is 4.19. The maximum atomic E-state index is 13.3. The van der Waals surface area contributed by atoms with E-state index in [1.54, 1.807) is 11.3 Å². The van der Waals surface area contributed by atoms with Crippen LogP contribution < -0.4 is 5.32 Å². The van der Waals surface area contributed by atoms with E-state index in [4.69, 9.17) is 4.98 Å². The maximum Gasteiger partial charge on any atom is 0.237 e. The Bertz CT molecular complexity index is 1110. The van der Waals surface area contributed by atoms with E-state index in [0.29, 0.717) is 6.54 Å². The Labute approximate surface area is 193 Å². The number of carbonyl (C=O) groups is 1. The first-order valence-corrected chi connectivity index (χ1v) is 12.1. The summed E-state index contributed by atoms with van der Waals surface area (Å²) in [7, 11) is 0. The van der Waals surface area contributed by atoms with Crippen LogP contribution in [-0.2, 0) is 17.8 Å². The lowest BCUT2D eigenvalue weighted by Crippen LogP contribution is -2.42. The van der Waals surface area contributed by atoms with Gasteiger partial charge >= 0.3 is 0 Å². The Morgan fingerprint density at radius 1 is 1.09 bits per heavy atom. The second-order valence-electron chi connectivity index (χ2n) is 8.71. The molecule has 7 heteroatoms. The molecule has 0 aliphatic carbocycles. The van der Waals surface area contributed by atoms with Crippen molar-refractivity contribution in [1.82, 2.24) is 19.8 Å². The van der Waals surface area contributed by atoms with Crippen molar-refractivity contribution < 1.29 is 4.79 Å². The van der Waals surface area contributed by atoms with Gasteiger partial charge in [0.05, 0.1) is 24.0 Å². The molecule has 1 N–H and O–H groups in total. The van der Waals surface area contributed by atoms with Gasteiger partial charge in [-0.2, -0.15) is 0 Å². The highest BCUT2D eigenvalue weighted by Crippen LogP contribution is 2.32. The number of fused-ring (bicyclic) bond motifs is 1. The van der Waals surface area contributed by atoms with Crippen LogP contribution >= 0.6 is 11.3 Å². The molecule has 0 bridgehead atoms. The van der Waals surface area contributed by atoms with Gasteiger partial charge in [0.15, 0.2) is 5.13 Å². The Kier molecular flexibility index (Phi) is 5.93. The summed E-state index contributed by atoms with van der Waals surface area (Å²) in [5.41, 5.74) is 4.75. The van der Waals surface area contributed by atoms with E-state index in [0.717, 1.165) is 61.2 Å². The minimum Gasteiger partial charge on any atom is -0.333 e. The van der Waals surface area contributed by atoms with Gasteiger partial charge in [0, 0.05) is 24.5 Å². The third kappa shape index (κ3) is 4.40. The Morgan fingerprint density at radius 3 is 2.75 bits per heavy atom. The molecule has 1 atom stereocenters. The summed E-state index contributed by atoms with van der Waals surface area (Å²) in [4.78, 5) is 28.2. The zero-order valence-corrected chi connectivity index (χ0v) is 19.5. The van der Waals surface area contributed by atoms with Crippen molar-refractivity contribution in [2.75, 3.05) is 25.0 Å². The van der Waals surface area contributed by atoms with E-state index >= 15 is 0 Å². The second kappa shape index (κ2) is 9.00. The van der Waals surface area contributed by atoms with Crippen molar-refractivity contribution in [3.05, 3.63) is 69.9 Å². The van der Waals surface area contributed by atoms with E-state index in [1.165, 1.54) is 16.0 Å². The third-order valence-electron chi connectivity index (χ3n) is 6.52. The number of thiazole rings is 1. The molecule has 5 rings (SSSR count). The van der Waals surface area contributed by atoms with Gasteiger partial charge in [0.2, 0.25) is 5.91 Å². The summed E-state index contributed by atoms with van der Waals surface area (Å²) in [6.07, 6.45) is 2.99. The lowest BCUT2D eigenvalue weighted by Gasteiger charge is -2.31. The van der Waals surface area contributed by atoms with E-state index in [1.807, 2.05) is 30.0 Å². The summed E-state index contributed by atoms with van der Waals surface area (Å²) in [6, 6.07) is 14.6. The fourth-order valence-electron chi connectivity index (χ4n) is 4.69. The van der Waals surface area contributed by atoms with Gasteiger partial charge in [-0.3, -0.25) is 9.69 Å². The zero-order chi connectivity index (χ0) is 22.1. The smallest absolute Gasteiger partial charge is 0.237 e. The Morgan fingerprint density at radius 2 is 1.94 bits per heavy atom. The normalized spacial score (nSPS) is 18.6. The Balaban J connectivity index is 1.27. The fourth-order valence-corrected chi connectivity index (χ4v) is 5.51. The summed E-state index contributed by atoms with van der Waals surface area (Å²) in [6.45, 7) is 7.16. The van der Waals surface area contributed by atoms with Crippen molar-refractivity contribution in [3.63, 3.8) is 0 Å². The number of hydrogen-bond donors (Lipinski definition) is 1. The van der Waals surface area contributed by atoms with Crippen LogP contribution in [0.3, 0.4) is 0 Å². The number of likely N-dealkylation sites (tertiary alicyclic amines) is 1. The molecule has 1 aromatic carbocycles. The van der Waals surface area contributed by atoms with Crippen LogP contribution in [0.25, 0.3) is 0 Å². The third-order valence-corrected chi connectivity index (χ3v) is 7.51. The first-order chi connectivity index (χ1) is 15.6. The molecule has 32 heavy (non-hydrogen) atoms. The number of pyridine rings is 1. The maximum absolute atomic E-state index is 13.3. The molecule has 2 aliphatic heterocycles. The van der Waals surface area contributed by atoms with Gasteiger partial charge in [0.1, 0.15) is 5.82 Å². The lowest BCUT2D eigenvalue weighted by molar-refractivity contribution is -0.133. The number of rotatable bonds is 5. The minimum atomic E-state index is 0.0427. The number of aromatic nitrogens is 2. The zero-order valence-electron chi connectivity index (χ0n) is 18.7. The van der Waals surface area contributed by atoms with Crippen LogP contribution in [0.2, 0.25) is 0 Å². The molecule has 1 amide bonds. The van der Waals surface area contributed by atoms with Crippen molar-refractivity contribution >= 4 is 28.2 Å². The highest BCUT2D eigenvalue weighted by Gasteiger charge is 2.32. The quantitative estimate of drug-likeness (QED) is 0.618. The van der Waals surface area contributed by atoms with Crippen molar-refractivity contribution in [3.8, 4) is 0 Å². The molecule has 0 radical (unpaired) electrons. The molecule has 166 valence electrons. The number of carbonyl (C=O) groups excluding carboxylic acids is 1. The number of anilines is 2. The largest absolute Gasteiger partial charge is 0.333 e. The van der Waals surface area contributed by atoms with Gasteiger partial charge in [-0.05, 0) is 56.4 Å². The predicted molar refractivity (Wildman–Crippen MR) is 128 cm³/mol. The van der Waals surface area contributed by atoms with Gasteiger partial charge in [-0.1, -0.05) is 30.3 Å². The molecular weight excluding hydrogens is 418 g/mol. The molecule has 6 nitrogen and oxygen atoms in total. The highest BCUT2D eigenvalue weighted by molar-refractivity contribution is 7.15. The van der Waals surface area contributed by atoms with Crippen LogP contribution in [-0.4, -0.2) is 45.3 Å². The average Bonchev–Trinajstić information content (AvgIpc) is 3.40. The molecule has 1 fully saturated rings. The van der Waals surface area contributed by atoms with Crippen LogP contribution in [0.5, 0.6) is 0 Å². The molecule has 0 spiro atoms. The monoisotopic (exact) mass is 447 g/mol. The van der Waals surface area contributed by atoms with Gasteiger partial charge in [0.25, 0.3) is 0 Å². The first-order valence-electron chi connectivity index (χ1n) is 11.3. The second-order valence-corrected chi connectivity index (χ2v) is 9.91. The van der Waals surface area contributed by atoms with Gasteiger partial charge in [-0.15, -0.1) is 11.3 Å². The summed E-state index contributed by atoms with van der Waals surface area (Å²) in [5.74, 6) is 0.987. The standard InChI is InChI=1S/C25H29N5OS/c1-17-18(2)32-25(26-17)28-23-11-5-9-21(27-23)22-10-6-13-30(22)24(31)16-29-14-12-19-7-3-4-8-20(19)15-29/h3-5,7-9,11,22H,6,10,12-16H2,1-2H3,(H,26,27,28)/t22-/m0/s1. The molecule has 0 saturated carbocycles. The molecule has 3 aromatic rings. The van der Waals surface area contributed by atoms with E-state index in [9.17, 15) is 4.79 Å². The van der Waals surface area contributed by atoms with Crippen LogP contribution in [0.1, 0.15) is 46.3 Å². The number of amides is 1. The fraction of sp³-hybridized carbons (Fsp3) is 0.400. The SMILES string of the molecule is Cc1nc(Nc2cccc([C@@H]3CCCN3C(=O)CN3CCc4ccccc4C3)n2)sc1C. The lowest BCUT2D eigenvalue weighted by atomic mass is 10.00. The summed E-state index contributed by atoms with van der Waals surface area (Å²) >= 11 is 1.64. The number of benzene rings is 1. The van der Waals surface area contributed by atoms with Gasteiger partial charge in [-0.25, -0.2) is 9.97 Å². The summed E-state index contributed by atoms with van der Waals surface area (Å²) < 4.78 is 0. The molecule has 1 saturated heterocycles. The molecule has 4 heterocycles.